The normalized spacial score (nSPS) is 40.7. The van der Waals surface area contributed by atoms with Crippen molar-refractivity contribution < 1.29 is 74.4 Å². The number of rotatable bonds is 14. The average Bonchev–Trinajstić information content (AvgIpc) is 3.66. The van der Waals surface area contributed by atoms with Crippen LogP contribution in [-0.2, 0) is 23.7 Å². The molecule has 19 atom stereocenters. The first-order valence-electron chi connectivity index (χ1n) is 25.0. The molecule has 2 aliphatic heterocycles. The number of phenolic OH excluding ortho intramolecular Hbond substituents is 3. The van der Waals surface area contributed by atoms with Crippen LogP contribution in [0.1, 0.15) is 123 Å². The predicted molar refractivity (Wildman–Crippen MR) is 246 cm³/mol. The van der Waals surface area contributed by atoms with Crippen molar-refractivity contribution in [3.05, 3.63) is 41.5 Å². The highest BCUT2D eigenvalue weighted by atomic mass is 16.7. The van der Waals surface area contributed by atoms with Crippen LogP contribution >= 0.6 is 0 Å². The van der Waals surface area contributed by atoms with Crippen molar-refractivity contribution in [3.63, 3.8) is 0 Å². The Labute approximate surface area is 394 Å². The summed E-state index contributed by atoms with van der Waals surface area (Å²) in [7, 11) is 0. The van der Waals surface area contributed by atoms with Crippen molar-refractivity contribution in [2.24, 2.45) is 52.3 Å². The Morgan fingerprint density at radius 3 is 2.00 bits per heavy atom. The fourth-order valence-electron chi connectivity index (χ4n) is 14.1. The van der Waals surface area contributed by atoms with Crippen LogP contribution in [0.2, 0.25) is 0 Å². The zero-order chi connectivity index (χ0) is 48.3. The zero-order valence-electron chi connectivity index (χ0n) is 39.9. The summed E-state index contributed by atoms with van der Waals surface area (Å²) in [4.78, 5) is 13.3. The number of hydrogen-bond acceptors (Lipinski definition) is 15. The second-order valence-electron chi connectivity index (χ2n) is 21.9. The van der Waals surface area contributed by atoms with Crippen molar-refractivity contribution in [1.29, 1.82) is 0 Å². The number of hydrogen-bond donors (Lipinski definition) is 9. The van der Waals surface area contributed by atoms with Crippen LogP contribution in [0, 0.1) is 52.3 Å². The number of benzene rings is 2. The first kappa shape index (κ1) is 50.3. The van der Waals surface area contributed by atoms with Crippen LogP contribution < -0.4 is 0 Å². The van der Waals surface area contributed by atoms with Gasteiger partial charge in [-0.3, -0.25) is 0 Å². The third kappa shape index (κ3) is 9.36. The van der Waals surface area contributed by atoms with Crippen LogP contribution in [0.15, 0.2) is 35.9 Å². The standard InChI is InChI=1S/C52H76O15/c1-7-27(25(2)3)9-8-26(4)34-12-13-35-32-11-10-30-22-31(14-16-51(30,5)36(32)15-17-52(34,35)6)63-49-44(60)43(59)47(41(24-54)64-49)67-50-45(61)42(58)46(40(23-53)65-50)66-48(62)33-18-28-20-38(56)39(57)21-29(28)19-37(33)55/h10,18-21,25-27,31-32,34-36,40-47,49-50,53-61H,7-9,11-17,22-24H2,1-6H3. The quantitative estimate of drug-likeness (QED) is 0.0617. The molecular formula is C52H76O15. The summed E-state index contributed by atoms with van der Waals surface area (Å²) in [5.74, 6) is 2.45. The van der Waals surface area contributed by atoms with Gasteiger partial charge in [-0.25, -0.2) is 4.79 Å². The van der Waals surface area contributed by atoms with E-state index in [2.05, 4.69) is 47.6 Å². The number of carbonyl (C=O) groups excluding carboxylic acids is 1. The second kappa shape index (κ2) is 20.0. The Balaban J connectivity index is 0.873. The molecule has 67 heavy (non-hydrogen) atoms. The van der Waals surface area contributed by atoms with E-state index >= 15 is 0 Å². The van der Waals surface area contributed by atoms with Crippen molar-refractivity contribution in [1.82, 2.24) is 0 Å². The molecule has 0 bridgehead atoms. The Bertz CT molecular complexity index is 2090. The minimum absolute atomic E-state index is 0.0570. The molecule has 0 spiro atoms. The molecule has 3 saturated carbocycles. The lowest BCUT2D eigenvalue weighted by Gasteiger charge is -2.58. The number of aromatic hydroxyl groups is 3. The third-order valence-electron chi connectivity index (χ3n) is 18.0. The van der Waals surface area contributed by atoms with Gasteiger partial charge in [0.1, 0.15) is 54.0 Å². The molecule has 0 amide bonds. The van der Waals surface area contributed by atoms with Gasteiger partial charge in [-0.2, -0.15) is 0 Å². The van der Waals surface area contributed by atoms with Crippen molar-refractivity contribution in [2.45, 2.75) is 180 Å². The number of aliphatic hydroxyl groups is 6. The molecule has 5 fully saturated rings. The maximum atomic E-state index is 13.3. The fraction of sp³-hybridized carbons (Fsp3) is 0.750. The van der Waals surface area contributed by atoms with Crippen molar-refractivity contribution in [2.75, 3.05) is 13.2 Å². The summed E-state index contributed by atoms with van der Waals surface area (Å²) in [6.45, 7) is 13.2. The minimum atomic E-state index is -1.94. The molecule has 0 radical (unpaired) electrons. The molecule has 19 unspecified atom stereocenters. The van der Waals surface area contributed by atoms with E-state index in [4.69, 9.17) is 23.7 Å². The van der Waals surface area contributed by atoms with Gasteiger partial charge in [0, 0.05) is 0 Å². The SMILES string of the molecule is CCC(CCC(C)C1CCC2C3CC=C4CC(OC5OC(CO)C(OC6OC(CO)C(OC(=O)c7cc8cc(O)c(O)cc8cc7O)C(O)C6O)C(O)C5O)CCC4(C)C3CCC12C)C(C)C. The highest BCUT2D eigenvalue weighted by molar-refractivity contribution is 5.99. The average molecular weight is 941 g/mol. The highest BCUT2D eigenvalue weighted by Crippen LogP contribution is 2.67. The van der Waals surface area contributed by atoms with Gasteiger partial charge in [-0.15, -0.1) is 0 Å². The smallest absolute Gasteiger partial charge is 0.342 e. The van der Waals surface area contributed by atoms with E-state index < -0.39 is 97.8 Å². The number of aliphatic hydroxyl groups excluding tert-OH is 6. The molecule has 2 aromatic rings. The Hall–Kier alpha value is -3.09. The molecule has 0 aromatic heterocycles. The van der Waals surface area contributed by atoms with Gasteiger partial charge in [0.25, 0.3) is 0 Å². The van der Waals surface area contributed by atoms with Gasteiger partial charge in [0.05, 0.1) is 19.3 Å². The highest BCUT2D eigenvalue weighted by Gasteiger charge is 2.60. The molecular weight excluding hydrogens is 865 g/mol. The molecule has 4 aliphatic carbocycles. The molecule has 6 aliphatic rings. The largest absolute Gasteiger partial charge is 0.507 e. The zero-order valence-corrected chi connectivity index (χ0v) is 39.9. The summed E-state index contributed by atoms with van der Waals surface area (Å²) in [6, 6.07) is 4.72. The van der Waals surface area contributed by atoms with Crippen LogP contribution in [-0.4, -0.2) is 133 Å². The summed E-state index contributed by atoms with van der Waals surface area (Å²) in [5, 5.41) is 96.7. The molecule has 9 N–H and O–H groups in total. The van der Waals surface area contributed by atoms with Gasteiger partial charge in [0.2, 0.25) is 0 Å². The van der Waals surface area contributed by atoms with Crippen LogP contribution in [0.4, 0.5) is 0 Å². The molecule has 15 heteroatoms. The molecule has 15 nitrogen and oxygen atoms in total. The van der Waals surface area contributed by atoms with E-state index in [-0.39, 0.29) is 22.5 Å². The molecule has 2 heterocycles. The molecule has 8 rings (SSSR count). The van der Waals surface area contributed by atoms with Gasteiger partial charge >= 0.3 is 5.97 Å². The summed E-state index contributed by atoms with van der Waals surface area (Å²) in [6.07, 6.45) is -1.52. The van der Waals surface area contributed by atoms with Crippen molar-refractivity contribution >= 4 is 16.7 Å². The molecule has 374 valence electrons. The maximum Gasteiger partial charge on any atom is 0.342 e. The number of allylic oxidation sites excluding steroid dienone is 1. The number of esters is 1. The first-order chi connectivity index (χ1) is 31.8. The van der Waals surface area contributed by atoms with Gasteiger partial charge in [0.15, 0.2) is 30.2 Å². The summed E-state index contributed by atoms with van der Waals surface area (Å²) >= 11 is 0. The van der Waals surface area contributed by atoms with Crippen LogP contribution in [0.25, 0.3) is 10.8 Å². The molecule has 2 saturated heterocycles. The van der Waals surface area contributed by atoms with Gasteiger partial charge in [-0.1, -0.05) is 66.0 Å². The van der Waals surface area contributed by atoms with E-state index in [0.717, 1.165) is 48.9 Å². The van der Waals surface area contributed by atoms with E-state index in [1.165, 1.54) is 74.8 Å². The Kier molecular flexibility index (Phi) is 15.0. The van der Waals surface area contributed by atoms with Crippen LogP contribution in [0.5, 0.6) is 17.2 Å². The second-order valence-corrected chi connectivity index (χ2v) is 21.9. The number of phenols is 3. The summed E-state index contributed by atoms with van der Waals surface area (Å²) < 4.78 is 29.6. The van der Waals surface area contributed by atoms with Gasteiger partial charge in [-0.05, 0) is 145 Å². The number of ether oxygens (including phenoxy) is 5. The number of carbonyl (C=O) groups is 1. The fourth-order valence-corrected chi connectivity index (χ4v) is 14.1. The van der Waals surface area contributed by atoms with E-state index in [1.54, 1.807) is 0 Å². The Morgan fingerprint density at radius 1 is 0.746 bits per heavy atom. The van der Waals surface area contributed by atoms with E-state index in [0.29, 0.717) is 29.1 Å². The van der Waals surface area contributed by atoms with Crippen molar-refractivity contribution in [3.8, 4) is 17.2 Å². The van der Waals surface area contributed by atoms with E-state index in [1.807, 2.05) is 0 Å². The van der Waals surface area contributed by atoms with E-state index in [9.17, 15) is 50.8 Å². The lowest BCUT2D eigenvalue weighted by atomic mass is 9.47. The third-order valence-corrected chi connectivity index (χ3v) is 18.0. The summed E-state index contributed by atoms with van der Waals surface area (Å²) in [5.41, 5.74) is 1.45. The predicted octanol–water partition coefficient (Wildman–Crippen LogP) is 5.81. The minimum Gasteiger partial charge on any atom is -0.507 e. The first-order valence-corrected chi connectivity index (χ1v) is 25.0. The lowest BCUT2D eigenvalue weighted by molar-refractivity contribution is -0.362. The van der Waals surface area contributed by atoms with Crippen LogP contribution in [0.3, 0.4) is 0 Å². The van der Waals surface area contributed by atoms with Gasteiger partial charge < -0.3 is 69.6 Å². The maximum absolute atomic E-state index is 13.3. The topological polar surface area (TPSA) is 245 Å². The lowest BCUT2D eigenvalue weighted by Crippen LogP contribution is -2.65. The molecule has 2 aromatic carbocycles. The number of fused-ring (bicyclic) bond motifs is 6. The Morgan fingerprint density at radius 2 is 1.36 bits per heavy atom. The monoisotopic (exact) mass is 941 g/mol.